The second kappa shape index (κ2) is 11.3. The second-order valence-electron chi connectivity index (χ2n) is 6.81. The molecule has 0 unspecified atom stereocenters. The van der Waals surface area contributed by atoms with Gasteiger partial charge in [-0.1, -0.05) is 30.3 Å². The smallest absolute Gasteiger partial charge is 0.388 e. The van der Waals surface area contributed by atoms with E-state index in [0.29, 0.717) is 16.7 Å². The van der Waals surface area contributed by atoms with Crippen LogP contribution in [0.5, 0.6) is 0 Å². The van der Waals surface area contributed by atoms with Crippen LogP contribution < -0.4 is 10.6 Å². The molecule has 0 fully saturated rings. The highest BCUT2D eigenvalue weighted by atomic mass is 32.2. The van der Waals surface area contributed by atoms with Crippen molar-refractivity contribution in [2.45, 2.75) is 11.8 Å². The number of carbonyl (C=O) groups is 2. The van der Waals surface area contributed by atoms with Gasteiger partial charge in [0.15, 0.2) is 5.78 Å². The molecule has 1 amide bonds. The van der Waals surface area contributed by atoms with E-state index < -0.39 is 26.6 Å². The molecule has 0 aliphatic carbocycles. The Kier molecular flexibility index (Phi) is 8.78. The molecule has 3 N–H and O–H groups in total. The van der Waals surface area contributed by atoms with Crippen molar-refractivity contribution in [3.05, 3.63) is 77.9 Å². The van der Waals surface area contributed by atoms with E-state index in [1.807, 2.05) is 0 Å². The van der Waals surface area contributed by atoms with Crippen LogP contribution in [0.1, 0.15) is 27.6 Å². The first-order valence-corrected chi connectivity index (χ1v) is 11.9. The number of Topliss-reactive ketones (excluding diaryl/α,β-unsaturated/α-hetero) is 1. The van der Waals surface area contributed by atoms with E-state index in [4.69, 9.17) is 12.6 Å². The minimum Gasteiger partial charge on any atom is -0.388 e. The van der Waals surface area contributed by atoms with Crippen LogP contribution in [-0.4, -0.2) is 44.3 Å². The maximum Gasteiger partial charge on any atom is 0.425 e. The summed E-state index contributed by atoms with van der Waals surface area (Å²) in [6, 6.07) is 17.5. The van der Waals surface area contributed by atoms with E-state index in [1.54, 1.807) is 55.6 Å². The summed E-state index contributed by atoms with van der Waals surface area (Å²) in [5, 5.41) is 5.57. The van der Waals surface area contributed by atoms with Gasteiger partial charge in [0.2, 0.25) is 0 Å². The van der Waals surface area contributed by atoms with E-state index >= 15 is 0 Å². The number of benzene rings is 3. The lowest BCUT2D eigenvalue weighted by atomic mass is 10.0. The monoisotopic (exact) mass is 504 g/mol. The molecule has 34 heavy (non-hydrogen) atoms. The molecule has 0 heterocycles. The third-order valence-electron chi connectivity index (χ3n) is 4.53. The van der Waals surface area contributed by atoms with Crippen molar-refractivity contribution in [2.24, 2.45) is 0 Å². The van der Waals surface area contributed by atoms with Gasteiger partial charge in [-0.25, -0.2) is 0 Å². The van der Waals surface area contributed by atoms with E-state index in [2.05, 4.69) is 10.6 Å². The lowest BCUT2D eigenvalue weighted by molar-refractivity contribution is 0.101. The Bertz CT molecular complexity index is 1430. The van der Waals surface area contributed by atoms with Gasteiger partial charge in [-0.15, -0.1) is 12.6 Å². The van der Waals surface area contributed by atoms with E-state index in [9.17, 15) is 22.6 Å². The van der Waals surface area contributed by atoms with Gasteiger partial charge in [-0.2, -0.15) is 8.42 Å². The van der Waals surface area contributed by atoms with Crippen LogP contribution in [0.2, 0.25) is 0 Å². The molecule has 0 saturated carbocycles. The molecule has 3 aromatic rings. The molecule has 3 aromatic carbocycles. The fourth-order valence-corrected chi connectivity index (χ4v) is 3.69. The van der Waals surface area contributed by atoms with E-state index in [0.717, 1.165) is 5.69 Å². The fraction of sp³-hybridized carbons (Fsp3) is 0.0909. The predicted octanol–water partition coefficient (Wildman–Crippen LogP) is 3.09. The van der Waals surface area contributed by atoms with Crippen molar-refractivity contribution in [2.75, 3.05) is 17.7 Å². The normalized spacial score (nSPS) is 10.4. The van der Waals surface area contributed by atoms with E-state index in [-0.39, 0.29) is 21.9 Å². The Balaban J connectivity index is 0.000000945. The Morgan fingerprint density at radius 3 is 1.94 bits per heavy atom. The zero-order valence-electron chi connectivity index (χ0n) is 18.0. The summed E-state index contributed by atoms with van der Waals surface area (Å²) >= 11 is 0. The summed E-state index contributed by atoms with van der Waals surface area (Å²) in [6.45, 7) is 1.40. The molecule has 12 heteroatoms. The number of anilines is 2. The topological polar surface area (TPSA) is 164 Å². The van der Waals surface area contributed by atoms with Crippen LogP contribution in [-0.2, 0) is 20.7 Å². The molecular weight excluding hydrogens is 484 g/mol. The highest BCUT2D eigenvalue weighted by Crippen LogP contribution is 2.31. The minimum absolute atomic E-state index is 0.174. The van der Waals surface area contributed by atoms with Crippen LogP contribution in [0, 0.1) is 0 Å². The Morgan fingerprint density at radius 1 is 0.853 bits per heavy atom. The lowest BCUT2D eigenvalue weighted by Gasteiger charge is -2.12. The molecule has 0 radical (unpaired) electrons. The van der Waals surface area contributed by atoms with Crippen LogP contribution in [0.4, 0.5) is 11.4 Å². The average Bonchev–Trinajstić information content (AvgIpc) is 2.78. The molecule has 0 bridgehead atoms. The highest BCUT2D eigenvalue weighted by Gasteiger charge is 2.19. The minimum atomic E-state index is -4.55. The Labute approximate surface area is 197 Å². The Morgan fingerprint density at radius 2 is 1.41 bits per heavy atom. The van der Waals surface area contributed by atoms with Crippen LogP contribution in [0.15, 0.2) is 71.6 Å². The quantitative estimate of drug-likeness (QED) is 0.338. The third-order valence-corrected chi connectivity index (χ3v) is 5.43. The average molecular weight is 505 g/mol. The molecule has 10 nitrogen and oxygen atoms in total. The van der Waals surface area contributed by atoms with Gasteiger partial charge in [0.25, 0.3) is 16.0 Å². The number of ketones is 1. The van der Waals surface area contributed by atoms with Gasteiger partial charge >= 0.3 is 10.6 Å². The molecular formula is C22H20N2O8S2. The SMILES string of the molecule is CNc1ccc(-c2ccc(NC(=O)c3cccc(C(C)=O)c3)cc2S(=O)(=O)O)cc1.O=S(=O)=O. The summed E-state index contributed by atoms with van der Waals surface area (Å²) in [7, 11) is -5.89. The van der Waals surface area contributed by atoms with Gasteiger partial charge in [0.1, 0.15) is 4.90 Å². The zero-order valence-corrected chi connectivity index (χ0v) is 19.6. The van der Waals surface area contributed by atoms with Crippen molar-refractivity contribution in [3.63, 3.8) is 0 Å². The molecule has 0 spiro atoms. The van der Waals surface area contributed by atoms with Crippen LogP contribution in [0.3, 0.4) is 0 Å². The summed E-state index contributed by atoms with van der Waals surface area (Å²) in [5.41, 5.74) is 2.58. The van der Waals surface area contributed by atoms with Crippen LogP contribution >= 0.6 is 0 Å². The van der Waals surface area contributed by atoms with Gasteiger partial charge in [0.05, 0.1) is 0 Å². The maximum absolute atomic E-state index is 12.5. The van der Waals surface area contributed by atoms with Gasteiger partial charge in [-0.05, 0) is 48.9 Å². The molecule has 178 valence electrons. The number of nitrogens with one attached hydrogen (secondary N) is 2. The van der Waals surface area contributed by atoms with Crippen molar-refractivity contribution in [3.8, 4) is 11.1 Å². The van der Waals surface area contributed by atoms with Gasteiger partial charge in [-0.3, -0.25) is 14.1 Å². The number of hydrogen-bond acceptors (Lipinski definition) is 8. The third kappa shape index (κ3) is 7.33. The Hall–Kier alpha value is -3.87. The number of amides is 1. The van der Waals surface area contributed by atoms with Crippen molar-refractivity contribution in [1.82, 2.24) is 0 Å². The lowest BCUT2D eigenvalue weighted by Crippen LogP contribution is -2.13. The first-order valence-electron chi connectivity index (χ1n) is 9.51. The standard InChI is InChI=1S/C22H20N2O5S.O3S/c1-14(25)16-4-3-5-17(12-16)22(26)24-19-10-11-20(21(13-19)30(27,28)29)15-6-8-18(23-2)9-7-15;1-4(2)3/h3-13,23H,1-2H3,(H,24,26)(H,27,28,29);. The summed E-state index contributed by atoms with van der Waals surface area (Å²) in [6.07, 6.45) is 0. The van der Waals surface area contributed by atoms with Crippen molar-refractivity contribution >= 4 is 43.8 Å². The van der Waals surface area contributed by atoms with Crippen molar-refractivity contribution < 1.29 is 35.2 Å². The molecule has 0 saturated heterocycles. The molecule has 0 aliphatic rings. The predicted molar refractivity (Wildman–Crippen MR) is 125 cm³/mol. The molecule has 0 aromatic heterocycles. The number of rotatable bonds is 6. The zero-order chi connectivity index (χ0) is 25.5. The summed E-state index contributed by atoms with van der Waals surface area (Å²) in [4.78, 5) is 23.7. The molecule has 0 aliphatic heterocycles. The largest absolute Gasteiger partial charge is 0.425 e. The molecule has 3 rings (SSSR count). The van der Waals surface area contributed by atoms with Gasteiger partial charge < -0.3 is 10.6 Å². The van der Waals surface area contributed by atoms with E-state index in [1.165, 1.54) is 25.1 Å². The maximum atomic E-state index is 12.5. The number of hydrogen-bond donors (Lipinski definition) is 3. The second-order valence-corrected chi connectivity index (χ2v) is 8.61. The first kappa shape index (κ1) is 26.4. The molecule has 0 atom stereocenters. The van der Waals surface area contributed by atoms with Crippen LogP contribution in [0.25, 0.3) is 11.1 Å². The van der Waals surface area contributed by atoms with Crippen molar-refractivity contribution in [1.29, 1.82) is 0 Å². The summed E-state index contributed by atoms with van der Waals surface area (Å²) in [5.74, 6) is -0.683. The van der Waals surface area contributed by atoms with Gasteiger partial charge in [0, 0.05) is 35.1 Å². The summed E-state index contributed by atoms with van der Waals surface area (Å²) < 4.78 is 59.0. The first-order chi connectivity index (χ1) is 15.9. The fourth-order valence-electron chi connectivity index (χ4n) is 2.95. The highest BCUT2D eigenvalue weighted by molar-refractivity contribution is 7.86. The number of carbonyl (C=O) groups excluding carboxylic acids is 2.